The highest BCUT2D eigenvalue weighted by molar-refractivity contribution is 5.28. The molecule has 0 aliphatic carbocycles. The van der Waals surface area contributed by atoms with E-state index in [0.717, 1.165) is 16.7 Å². The molecular weight excluding hydrogens is 267 g/mol. The van der Waals surface area contributed by atoms with E-state index in [1.54, 1.807) is 6.07 Å². The molecule has 2 rings (SSSR count). The second kappa shape index (κ2) is 7.34. The summed E-state index contributed by atoms with van der Waals surface area (Å²) >= 11 is 0. The molecule has 112 valence electrons. The van der Waals surface area contributed by atoms with E-state index in [1.165, 1.54) is 12.1 Å². The first-order chi connectivity index (χ1) is 10.1. The standard InChI is InChI=1S/C18H21FO2/c1-3-21-18(14-7-5-4-6-8-14)17(20)12-15-11-16(19)10-9-13(15)2/h4-11,17-18,20H,3,12H2,1-2H3. The van der Waals surface area contributed by atoms with Gasteiger partial charge < -0.3 is 9.84 Å². The number of halogens is 1. The maximum Gasteiger partial charge on any atom is 0.123 e. The molecule has 0 saturated carbocycles. The summed E-state index contributed by atoms with van der Waals surface area (Å²) in [4.78, 5) is 0. The van der Waals surface area contributed by atoms with Crippen LogP contribution in [0.15, 0.2) is 48.5 Å². The number of hydrogen-bond donors (Lipinski definition) is 1. The van der Waals surface area contributed by atoms with E-state index in [1.807, 2.05) is 44.2 Å². The highest BCUT2D eigenvalue weighted by Gasteiger charge is 2.22. The molecule has 0 fully saturated rings. The van der Waals surface area contributed by atoms with Crippen molar-refractivity contribution in [3.8, 4) is 0 Å². The Kier molecular flexibility index (Phi) is 5.48. The van der Waals surface area contributed by atoms with E-state index in [4.69, 9.17) is 4.74 Å². The topological polar surface area (TPSA) is 29.5 Å². The van der Waals surface area contributed by atoms with Gasteiger partial charge in [0, 0.05) is 13.0 Å². The van der Waals surface area contributed by atoms with E-state index < -0.39 is 12.2 Å². The van der Waals surface area contributed by atoms with Crippen LogP contribution in [0.5, 0.6) is 0 Å². The number of benzene rings is 2. The van der Waals surface area contributed by atoms with Crippen LogP contribution in [0.25, 0.3) is 0 Å². The van der Waals surface area contributed by atoms with Crippen LogP contribution in [0.1, 0.15) is 29.7 Å². The SMILES string of the molecule is CCOC(c1ccccc1)C(O)Cc1cc(F)ccc1C. The van der Waals surface area contributed by atoms with E-state index in [9.17, 15) is 9.50 Å². The molecule has 2 nitrogen and oxygen atoms in total. The van der Waals surface area contributed by atoms with Crippen molar-refractivity contribution in [1.29, 1.82) is 0 Å². The number of ether oxygens (including phenoxy) is 1. The van der Waals surface area contributed by atoms with Gasteiger partial charge in [-0.25, -0.2) is 4.39 Å². The number of aliphatic hydroxyl groups excluding tert-OH is 1. The Hall–Kier alpha value is -1.71. The van der Waals surface area contributed by atoms with Crippen molar-refractivity contribution in [2.45, 2.75) is 32.5 Å². The van der Waals surface area contributed by atoms with E-state index in [0.29, 0.717) is 13.0 Å². The summed E-state index contributed by atoms with van der Waals surface area (Å²) < 4.78 is 19.0. The van der Waals surface area contributed by atoms with Gasteiger partial charge in [-0.05, 0) is 42.7 Å². The largest absolute Gasteiger partial charge is 0.390 e. The molecule has 2 aromatic carbocycles. The Morgan fingerprint density at radius 3 is 2.52 bits per heavy atom. The summed E-state index contributed by atoms with van der Waals surface area (Å²) in [6.07, 6.45) is -0.755. The molecule has 0 radical (unpaired) electrons. The van der Waals surface area contributed by atoms with Crippen LogP contribution in [-0.2, 0) is 11.2 Å². The molecule has 0 aliphatic rings. The van der Waals surface area contributed by atoms with E-state index in [2.05, 4.69) is 0 Å². The molecule has 0 aromatic heterocycles. The molecular formula is C18H21FO2. The van der Waals surface area contributed by atoms with Gasteiger partial charge >= 0.3 is 0 Å². The molecule has 0 bridgehead atoms. The molecule has 2 aromatic rings. The number of aryl methyl sites for hydroxylation is 1. The van der Waals surface area contributed by atoms with E-state index >= 15 is 0 Å². The van der Waals surface area contributed by atoms with Crippen molar-refractivity contribution in [3.05, 3.63) is 71.0 Å². The normalized spacial score (nSPS) is 13.9. The third-order valence-corrected chi connectivity index (χ3v) is 3.56. The number of hydrogen-bond acceptors (Lipinski definition) is 2. The Morgan fingerprint density at radius 2 is 1.86 bits per heavy atom. The Labute approximate surface area is 125 Å². The fourth-order valence-electron chi connectivity index (χ4n) is 2.44. The monoisotopic (exact) mass is 288 g/mol. The molecule has 0 heterocycles. The average molecular weight is 288 g/mol. The molecule has 2 unspecified atom stereocenters. The van der Waals surface area contributed by atoms with Crippen LogP contribution >= 0.6 is 0 Å². The molecule has 2 atom stereocenters. The first kappa shape index (κ1) is 15.7. The van der Waals surface area contributed by atoms with Crippen LogP contribution in [0.4, 0.5) is 4.39 Å². The van der Waals surface area contributed by atoms with Gasteiger partial charge in [-0.2, -0.15) is 0 Å². The minimum absolute atomic E-state index is 0.282. The lowest BCUT2D eigenvalue weighted by Crippen LogP contribution is -2.24. The molecule has 3 heteroatoms. The third-order valence-electron chi connectivity index (χ3n) is 3.56. The summed E-state index contributed by atoms with van der Waals surface area (Å²) in [5, 5.41) is 10.5. The van der Waals surface area contributed by atoms with Gasteiger partial charge in [-0.3, -0.25) is 0 Å². The summed E-state index contributed by atoms with van der Waals surface area (Å²) in [6, 6.07) is 14.3. The molecule has 1 N–H and O–H groups in total. The minimum Gasteiger partial charge on any atom is -0.390 e. The second-order valence-corrected chi connectivity index (χ2v) is 5.13. The van der Waals surface area contributed by atoms with Crippen LogP contribution in [0.3, 0.4) is 0 Å². The Bertz CT molecular complexity index is 569. The fourth-order valence-corrected chi connectivity index (χ4v) is 2.44. The third kappa shape index (κ3) is 4.13. The van der Waals surface area contributed by atoms with Crippen molar-refractivity contribution >= 4 is 0 Å². The lowest BCUT2D eigenvalue weighted by Gasteiger charge is -2.24. The van der Waals surface area contributed by atoms with Gasteiger partial charge in [0.05, 0.1) is 6.10 Å². The minimum atomic E-state index is -0.715. The summed E-state index contributed by atoms with van der Waals surface area (Å²) in [6.45, 7) is 4.33. The zero-order valence-electron chi connectivity index (χ0n) is 12.4. The van der Waals surface area contributed by atoms with E-state index in [-0.39, 0.29) is 5.82 Å². The van der Waals surface area contributed by atoms with Gasteiger partial charge in [-0.15, -0.1) is 0 Å². The van der Waals surface area contributed by atoms with Crippen molar-refractivity contribution in [2.75, 3.05) is 6.61 Å². The summed E-state index contributed by atoms with van der Waals surface area (Å²) in [5.74, 6) is -0.282. The van der Waals surface area contributed by atoms with Crippen LogP contribution in [0.2, 0.25) is 0 Å². The van der Waals surface area contributed by atoms with Crippen LogP contribution < -0.4 is 0 Å². The van der Waals surface area contributed by atoms with Crippen LogP contribution in [0, 0.1) is 12.7 Å². The zero-order valence-corrected chi connectivity index (χ0v) is 12.4. The molecule has 0 amide bonds. The maximum absolute atomic E-state index is 13.4. The highest BCUT2D eigenvalue weighted by atomic mass is 19.1. The first-order valence-corrected chi connectivity index (χ1v) is 7.21. The molecule has 0 saturated heterocycles. The second-order valence-electron chi connectivity index (χ2n) is 5.13. The first-order valence-electron chi connectivity index (χ1n) is 7.21. The predicted molar refractivity (Wildman–Crippen MR) is 81.7 cm³/mol. The van der Waals surface area contributed by atoms with Crippen LogP contribution in [-0.4, -0.2) is 17.8 Å². The average Bonchev–Trinajstić information content (AvgIpc) is 2.49. The van der Waals surface area contributed by atoms with Crippen molar-refractivity contribution in [1.82, 2.24) is 0 Å². The van der Waals surface area contributed by atoms with Gasteiger partial charge in [0.1, 0.15) is 11.9 Å². The van der Waals surface area contributed by atoms with Gasteiger partial charge in [-0.1, -0.05) is 36.4 Å². The number of rotatable bonds is 6. The fraction of sp³-hybridized carbons (Fsp3) is 0.333. The van der Waals surface area contributed by atoms with Crippen molar-refractivity contribution in [2.24, 2.45) is 0 Å². The Morgan fingerprint density at radius 1 is 1.14 bits per heavy atom. The molecule has 21 heavy (non-hydrogen) atoms. The number of aliphatic hydroxyl groups is 1. The smallest absolute Gasteiger partial charge is 0.123 e. The lowest BCUT2D eigenvalue weighted by atomic mass is 9.96. The van der Waals surface area contributed by atoms with Gasteiger partial charge in [0.25, 0.3) is 0 Å². The van der Waals surface area contributed by atoms with Crippen molar-refractivity contribution in [3.63, 3.8) is 0 Å². The predicted octanol–water partition coefficient (Wildman–Crippen LogP) is 3.82. The summed E-state index contributed by atoms with van der Waals surface area (Å²) in [5.41, 5.74) is 2.71. The zero-order chi connectivity index (χ0) is 15.2. The van der Waals surface area contributed by atoms with Gasteiger partial charge in [0.2, 0.25) is 0 Å². The molecule has 0 aliphatic heterocycles. The van der Waals surface area contributed by atoms with Crippen molar-refractivity contribution < 1.29 is 14.2 Å². The molecule has 0 spiro atoms. The summed E-state index contributed by atoms with van der Waals surface area (Å²) in [7, 11) is 0. The quantitative estimate of drug-likeness (QED) is 0.875. The Balaban J connectivity index is 2.19. The van der Waals surface area contributed by atoms with Gasteiger partial charge in [0.15, 0.2) is 0 Å². The highest BCUT2D eigenvalue weighted by Crippen LogP contribution is 2.25. The lowest BCUT2D eigenvalue weighted by molar-refractivity contribution is -0.0340. The maximum atomic E-state index is 13.4.